The molecule has 1 N–H and O–H groups in total. The number of thioether (sulfide) groups is 1. The van der Waals surface area contributed by atoms with Crippen molar-refractivity contribution in [3.63, 3.8) is 0 Å². The van der Waals surface area contributed by atoms with Crippen molar-refractivity contribution in [3.8, 4) is 0 Å². The first-order chi connectivity index (χ1) is 13.6. The first-order valence-corrected chi connectivity index (χ1v) is 11.9. The Morgan fingerprint density at radius 2 is 1.93 bits per heavy atom. The zero-order chi connectivity index (χ0) is 21.3. The Hall–Kier alpha value is -2.39. The Labute approximate surface area is 173 Å². The molecule has 2 amide bonds. The minimum atomic E-state index is -3.82. The Kier molecular flexibility index (Phi) is 6.00. The maximum Gasteiger partial charge on any atom is 0.255 e. The lowest BCUT2D eigenvalue weighted by atomic mass is 10.1. The average molecular weight is 437 g/mol. The number of carbonyl (C=O) groups excluding carboxylic acids is 2. The van der Waals surface area contributed by atoms with E-state index in [1.807, 2.05) is 26.0 Å². The van der Waals surface area contributed by atoms with E-state index in [4.69, 9.17) is 0 Å². The van der Waals surface area contributed by atoms with Crippen molar-refractivity contribution in [1.29, 1.82) is 0 Å². The molecule has 9 heteroatoms. The highest BCUT2D eigenvalue weighted by atomic mass is 32.2. The van der Waals surface area contributed by atoms with Crippen LogP contribution in [0, 0.1) is 19.7 Å². The smallest absolute Gasteiger partial charge is 0.255 e. The normalized spacial score (nSPS) is 16.7. The predicted octanol–water partition coefficient (Wildman–Crippen LogP) is 3.00. The highest BCUT2D eigenvalue weighted by Crippen LogP contribution is 2.27. The lowest BCUT2D eigenvalue weighted by Gasteiger charge is -2.24. The number of amides is 2. The van der Waals surface area contributed by atoms with Crippen LogP contribution in [0.1, 0.15) is 21.5 Å². The highest BCUT2D eigenvalue weighted by Gasteiger charge is 2.35. The standard InChI is InChI=1S/C20H21FN2O4S2/c1-12-5-4-6-16(13(12)2)22-19(24)17-10-28-11-23(17)20(25)14-7-8-15(21)18(9-14)29(3,26)27/h4-9,17H,10-11H2,1-3H3,(H,22,24). The van der Waals surface area contributed by atoms with Gasteiger partial charge in [-0.15, -0.1) is 11.8 Å². The van der Waals surface area contributed by atoms with Gasteiger partial charge in [-0.2, -0.15) is 0 Å². The van der Waals surface area contributed by atoms with Crippen LogP contribution in [0.2, 0.25) is 0 Å². The molecule has 0 aromatic heterocycles. The van der Waals surface area contributed by atoms with Crippen LogP contribution in [0.4, 0.5) is 10.1 Å². The van der Waals surface area contributed by atoms with Gasteiger partial charge in [-0.05, 0) is 49.2 Å². The highest BCUT2D eigenvalue weighted by molar-refractivity contribution is 7.99. The second-order valence-corrected chi connectivity index (χ2v) is 9.93. The van der Waals surface area contributed by atoms with Gasteiger partial charge in [-0.3, -0.25) is 9.59 Å². The summed E-state index contributed by atoms with van der Waals surface area (Å²) in [5.74, 6) is -1.04. The van der Waals surface area contributed by atoms with E-state index < -0.39 is 32.5 Å². The molecule has 1 unspecified atom stereocenters. The molecule has 154 valence electrons. The van der Waals surface area contributed by atoms with Gasteiger partial charge in [0, 0.05) is 23.3 Å². The third kappa shape index (κ3) is 4.45. The molecule has 1 atom stereocenters. The number of sulfone groups is 1. The van der Waals surface area contributed by atoms with Crippen molar-refractivity contribution in [3.05, 3.63) is 58.9 Å². The molecule has 1 saturated heterocycles. The summed E-state index contributed by atoms with van der Waals surface area (Å²) in [7, 11) is -3.82. The summed E-state index contributed by atoms with van der Waals surface area (Å²) in [6.07, 6.45) is 0.881. The van der Waals surface area contributed by atoms with Crippen molar-refractivity contribution in [2.45, 2.75) is 24.8 Å². The Morgan fingerprint density at radius 1 is 1.21 bits per heavy atom. The number of anilines is 1. The van der Waals surface area contributed by atoms with Gasteiger partial charge in [-0.25, -0.2) is 12.8 Å². The van der Waals surface area contributed by atoms with E-state index >= 15 is 0 Å². The molecule has 2 aromatic carbocycles. The predicted molar refractivity (Wildman–Crippen MR) is 111 cm³/mol. The van der Waals surface area contributed by atoms with Gasteiger partial charge in [0.25, 0.3) is 5.91 Å². The van der Waals surface area contributed by atoms with Crippen LogP contribution in [0.15, 0.2) is 41.3 Å². The van der Waals surface area contributed by atoms with E-state index in [1.165, 1.54) is 22.7 Å². The van der Waals surface area contributed by atoms with Gasteiger partial charge in [-0.1, -0.05) is 12.1 Å². The Morgan fingerprint density at radius 3 is 2.62 bits per heavy atom. The number of hydrogen-bond acceptors (Lipinski definition) is 5. The summed E-state index contributed by atoms with van der Waals surface area (Å²) in [5.41, 5.74) is 2.69. The van der Waals surface area contributed by atoms with E-state index in [-0.39, 0.29) is 17.3 Å². The van der Waals surface area contributed by atoms with Crippen LogP contribution < -0.4 is 5.32 Å². The quantitative estimate of drug-likeness (QED) is 0.797. The summed E-state index contributed by atoms with van der Waals surface area (Å²) in [4.78, 5) is 26.6. The minimum Gasteiger partial charge on any atom is -0.324 e. The van der Waals surface area contributed by atoms with Crippen molar-refractivity contribution < 1.29 is 22.4 Å². The molecule has 1 fully saturated rings. The fourth-order valence-corrected chi connectivity index (χ4v) is 4.97. The maximum atomic E-state index is 13.9. The topological polar surface area (TPSA) is 83.6 Å². The lowest BCUT2D eigenvalue weighted by Crippen LogP contribution is -2.44. The summed E-state index contributed by atoms with van der Waals surface area (Å²) >= 11 is 1.42. The van der Waals surface area contributed by atoms with E-state index in [0.29, 0.717) is 11.4 Å². The molecule has 29 heavy (non-hydrogen) atoms. The molecule has 3 rings (SSSR count). The summed E-state index contributed by atoms with van der Waals surface area (Å²) in [6.45, 7) is 3.85. The van der Waals surface area contributed by atoms with Crippen molar-refractivity contribution in [1.82, 2.24) is 4.90 Å². The van der Waals surface area contributed by atoms with Crippen molar-refractivity contribution in [2.24, 2.45) is 0 Å². The first kappa shape index (κ1) is 21.3. The van der Waals surface area contributed by atoms with Crippen LogP contribution >= 0.6 is 11.8 Å². The first-order valence-electron chi connectivity index (χ1n) is 8.85. The van der Waals surface area contributed by atoms with Crippen LogP contribution in [0.25, 0.3) is 0 Å². The van der Waals surface area contributed by atoms with Crippen molar-refractivity contribution >= 4 is 39.1 Å². The molecule has 1 heterocycles. The third-order valence-electron chi connectivity index (χ3n) is 4.89. The van der Waals surface area contributed by atoms with E-state index in [2.05, 4.69) is 5.32 Å². The van der Waals surface area contributed by atoms with Crippen molar-refractivity contribution in [2.75, 3.05) is 23.2 Å². The summed E-state index contributed by atoms with van der Waals surface area (Å²) in [5, 5.41) is 2.87. The van der Waals surface area contributed by atoms with E-state index in [1.54, 1.807) is 6.07 Å². The molecule has 0 radical (unpaired) electrons. The number of halogens is 1. The van der Waals surface area contributed by atoms with E-state index in [0.717, 1.165) is 29.5 Å². The fraction of sp³-hybridized carbons (Fsp3) is 0.300. The molecular weight excluding hydrogens is 415 g/mol. The van der Waals surface area contributed by atoms with Crippen LogP contribution in [-0.4, -0.2) is 49.1 Å². The SMILES string of the molecule is Cc1cccc(NC(=O)C2CSCN2C(=O)c2ccc(F)c(S(C)(=O)=O)c2)c1C. The minimum absolute atomic E-state index is 0.0267. The van der Waals surface area contributed by atoms with Gasteiger partial charge in [0.2, 0.25) is 5.91 Å². The Balaban J connectivity index is 1.84. The van der Waals surface area contributed by atoms with Gasteiger partial charge >= 0.3 is 0 Å². The monoisotopic (exact) mass is 436 g/mol. The van der Waals surface area contributed by atoms with Gasteiger partial charge in [0.15, 0.2) is 9.84 Å². The summed E-state index contributed by atoms with van der Waals surface area (Å²) in [6, 6.07) is 8.09. The molecule has 0 aliphatic carbocycles. The Bertz CT molecular complexity index is 1090. The largest absolute Gasteiger partial charge is 0.324 e. The number of benzene rings is 2. The lowest BCUT2D eigenvalue weighted by molar-refractivity contribution is -0.119. The van der Waals surface area contributed by atoms with E-state index in [9.17, 15) is 22.4 Å². The van der Waals surface area contributed by atoms with Crippen LogP contribution in [-0.2, 0) is 14.6 Å². The second-order valence-electron chi connectivity index (χ2n) is 6.94. The molecule has 0 spiro atoms. The fourth-order valence-electron chi connectivity index (χ4n) is 3.05. The van der Waals surface area contributed by atoms with Gasteiger partial charge in [0.1, 0.15) is 16.8 Å². The second kappa shape index (κ2) is 8.16. The molecular formula is C20H21FN2O4S2. The molecule has 1 aliphatic heterocycles. The molecule has 6 nitrogen and oxygen atoms in total. The number of carbonyl (C=O) groups is 2. The van der Waals surface area contributed by atoms with Gasteiger partial charge in [0.05, 0.1) is 5.88 Å². The number of rotatable bonds is 4. The molecule has 0 saturated carbocycles. The zero-order valence-electron chi connectivity index (χ0n) is 16.2. The molecule has 2 aromatic rings. The number of nitrogens with zero attached hydrogens (tertiary/aromatic N) is 1. The third-order valence-corrected chi connectivity index (χ3v) is 7.01. The average Bonchev–Trinajstić information content (AvgIpc) is 3.14. The zero-order valence-corrected chi connectivity index (χ0v) is 17.9. The molecule has 1 aliphatic rings. The summed E-state index contributed by atoms with van der Waals surface area (Å²) < 4.78 is 37.4. The maximum absolute atomic E-state index is 13.9. The van der Waals surface area contributed by atoms with Crippen LogP contribution in [0.3, 0.4) is 0 Å². The number of nitrogens with one attached hydrogen (secondary N) is 1. The number of hydrogen-bond donors (Lipinski definition) is 1. The van der Waals surface area contributed by atoms with Crippen LogP contribution in [0.5, 0.6) is 0 Å². The molecule has 0 bridgehead atoms. The number of aryl methyl sites for hydroxylation is 1. The van der Waals surface area contributed by atoms with Gasteiger partial charge < -0.3 is 10.2 Å².